The molecule has 0 radical (unpaired) electrons. The number of benzene rings is 2. The summed E-state index contributed by atoms with van der Waals surface area (Å²) in [7, 11) is 1.54. The molecule has 3 heterocycles. The summed E-state index contributed by atoms with van der Waals surface area (Å²) in [5, 5.41) is 71.5. The third kappa shape index (κ3) is 5.74. The van der Waals surface area contributed by atoms with Crippen molar-refractivity contribution in [1.82, 2.24) is 0 Å². The van der Waals surface area contributed by atoms with Crippen LogP contribution in [0.2, 0.25) is 0 Å². The minimum Gasteiger partial charge on any atom is -0.497 e. The fraction of sp³-hybridized carbons (Fsp3) is 0.464. The quantitative estimate of drug-likeness (QED) is 0.158. The summed E-state index contributed by atoms with van der Waals surface area (Å²) in [5.74, 6) is 0.737. The number of fused-ring (bicyclic) bond motifs is 1. The Morgan fingerprint density at radius 1 is 0.762 bits per heavy atom. The van der Waals surface area contributed by atoms with Gasteiger partial charge in [0, 0.05) is 6.07 Å². The molecule has 0 aliphatic carbocycles. The number of hydrogen-bond donors (Lipinski definition) is 7. The summed E-state index contributed by atoms with van der Waals surface area (Å²) in [6.45, 7) is -1.42. The maximum absolute atomic E-state index is 13.2. The van der Waals surface area contributed by atoms with E-state index in [1.54, 1.807) is 24.3 Å². The van der Waals surface area contributed by atoms with E-state index in [0.717, 1.165) is 0 Å². The normalized spacial score (nSPS) is 33.4. The van der Waals surface area contributed by atoms with Crippen molar-refractivity contribution in [3.63, 3.8) is 0 Å². The van der Waals surface area contributed by atoms with Crippen LogP contribution in [0.5, 0.6) is 11.5 Å². The van der Waals surface area contributed by atoms with E-state index in [-0.39, 0.29) is 22.1 Å². The van der Waals surface area contributed by atoms with Gasteiger partial charge >= 0.3 is 0 Å². The molecular formula is C28H32O14. The number of methoxy groups -OCH3 is 1. The van der Waals surface area contributed by atoms with Crippen molar-refractivity contribution in [2.75, 3.05) is 20.3 Å². The average Bonchev–Trinajstić information content (AvgIpc) is 3.00. The molecule has 2 aromatic carbocycles. The van der Waals surface area contributed by atoms with Gasteiger partial charge in [0.25, 0.3) is 0 Å². The van der Waals surface area contributed by atoms with Crippen LogP contribution in [0, 0.1) is 0 Å². The van der Waals surface area contributed by atoms with Crippen molar-refractivity contribution < 1.29 is 63.8 Å². The first-order valence-electron chi connectivity index (χ1n) is 13.1. The van der Waals surface area contributed by atoms with Crippen molar-refractivity contribution in [2.45, 2.75) is 61.4 Å². The maximum atomic E-state index is 13.2. The number of ether oxygens (including phenoxy) is 5. The van der Waals surface area contributed by atoms with E-state index in [1.165, 1.54) is 31.6 Å². The Morgan fingerprint density at radius 2 is 1.40 bits per heavy atom. The van der Waals surface area contributed by atoms with Crippen LogP contribution >= 0.6 is 0 Å². The van der Waals surface area contributed by atoms with Gasteiger partial charge in [-0.3, -0.25) is 4.79 Å². The van der Waals surface area contributed by atoms with Crippen LogP contribution in [0.3, 0.4) is 0 Å². The molecule has 0 spiro atoms. The summed E-state index contributed by atoms with van der Waals surface area (Å²) in [5.41, 5.74) is 0.841. The van der Waals surface area contributed by atoms with Gasteiger partial charge in [0.15, 0.2) is 11.7 Å². The minimum absolute atomic E-state index is 0.103. The molecule has 14 heteroatoms. The summed E-state index contributed by atoms with van der Waals surface area (Å²) >= 11 is 0. The third-order valence-electron chi connectivity index (χ3n) is 7.36. The van der Waals surface area contributed by atoms with Crippen molar-refractivity contribution in [1.29, 1.82) is 0 Å². The van der Waals surface area contributed by atoms with E-state index in [1.807, 2.05) is 0 Å². The molecule has 10 atom stereocenters. The van der Waals surface area contributed by atoms with Gasteiger partial charge < -0.3 is 63.8 Å². The highest BCUT2D eigenvalue weighted by Crippen LogP contribution is 2.31. The molecule has 2 aliphatic rings. The number of hydrogen-bond acceptors (Lipinski definition) is 14. The number of aliphatic hydroxyl groups is 7. The average molecular weight is 593 g/mol. The molecule has 5 rings (SSSR count). The molecule has 0 saturated carbocycles. The molecule has 0 bridgehead atoms. The fourth-order valence-corrected chi connectivity index (χ4v) is 4.93. The molecule has 1 aromatic heterocycles. The SMILES string of the molecule is COc1ccc(-c2coc3cc(O[C@@H]4O[C@H](CO)[C@@H](O)[C@H](O[C@@H]5O[C@@H](CO)[C@@H](O)[C@H](O)[C@H]5O)[C@H]4O)ccc3c2=O)cc1. The lowest BCUT2D eigenvalue weighted by molar-refractivity contribution is -0.352. The van der Waals surface area contributed by atoms with Crippen LogP contribution in [0.25, 0.3) is 22.1 Å². The monoisotopic (exact) mass is 592 g/mol. The van der Waals surface area contributed by atoms with Crippen LogP contribution in [0.15, 0.2) is 57.9 Å². The molecule has 2 fully saturated rings. The van der Waals surface area contributed by atoms with Crippen LogP contribution < -0.4 is 14.9 Å². The topological polar surface area (TPSA) is 218 Å². The highest BCUT2D eigenvalue weighted by atomic mass is 16.7. The van der Waals surface area contributed by atoms with Gasteiger partial charge in [0.05, 0.1) is 31.3 Å². The van der Waals surface area contributed by atoms with E-state index >= 15 is 0 Å². The maximum Gasteiger partial charge on any atom is 0.229 e. The molecule has 14 nitrogen and oxygen atoms in total. The van der Waals surface area contributed by atoms with Crippen molar-refractivity contribution >= 4 is 11.0 Å². The molecule has 0 unspecified atom stereocenters. The lowest BCUT2D eigenvalue weighted by Gasteiger charge is -2.45. The third-order valence-corrected chi connectivity index (χ3v) is 7.36. The standard InChI is InChI=1S/C28H32O14/c1-37-13-4-2-12(3-5-13)16-11-38-17-8-14(6-7-15(17)20(16)31)39-28-25(36)26(22(33)19(10-30)41-28)42-27-24(35)23(34)21(32)18(9-29)40-27/h2-8,11,18-19,21-30,32-36H,9-10H2,1H3/t18-,19+,21+,22+,23-,24+,25+,26-,27-,28+/m0/s1. The molecule has 2 aliphatic heterocycles. The van der Waals surface area contributed by atoms with Crippen LogP contribution in [-0.4, -0.2) is 117 Å². The number of aliphatic hydroxyl groups excluding tert-OH is 7. The van der Waals surface area contributed by atoms with Crippen molar-refractivity contribution in [3.8, 4) is 22.6 Å². The van der Waals surface area contributed by atoms with Gasteiger partial charge in [-0.1, -0.05) is 12.1 Å². The Kier molecular flexibility index (Phi) is 9.10. The summed E-state index contributed by atoms with van der Waals surface area (Å²) in [6.07, 6.45) is -14.6. The molecule has 3 aromatic rings. The molecule has 42 heavy (non-hydrogen) atoms. The van der Waals surface area contributed by atoms with Crippen LogP contribution in [0.1, 0.15) is 0 Å². The van der Waals surface area contributed by atoms with Gasteiger partial charge in [-0.25, -0.2) is 0 Å². The lowest BCUT2D eigenvalue weighted by atomic mass is 9.97. The molecule has 7 N–H and O–H groups in total. The van der Waals surface area contributed by atoms with Crippen LogP contribution in [0.4, 0.5) is 0 Å². The summed E-state index contributed by atoms with van der Waals surface area (Å²) in [6, 6.07) is 11.2. The van der Waals surface area contributed by atoms with Crippen molar-refractivity contribution in [2.24, 2.45) is 0 Å². The highest BCUT2D eigenvalue weighted by molar-refractivity contribution is 5.82. The Labute approximate surface area is 238 Å². The zero-order chi connectivity index (χ0) is 30.1. The van der Waals surface area contributed by atoms with Gasteiger partial charge in [0.1, 0.15) is 72.2 Å². The Morgan fingerprint density at radius 3 is 2.07 bits per heavy atom. The predicted molar refractivity (Wildman–Crippen MR) is 142 cm³/mol. The largest absolute Gasteiger partial charge is 0.497 e. The highest BCUT2D eigenvalue weighted by Gasteiger charge is 2.51. The van der Waals surface area contributed by atoms with Gasteiger partial charge in [-0.05, 0) is 29.8 Å². The second kappa shape index (κ2) is 12.6. The van der Waals surface area contributed by atoms with E-state index in [0.29, 0.717) is 16.9 Å². The summed E-state index contributed by atoms with van der Waals surface area (Å²) < 4.78 is 33.1. The first kappa shape index (κ1) is 30.3. The van der Waals surface area contributed by atoms with Gasteiger partial charge in [-0.15, -0.1) is 0 Å². The van der Waals surface area contributed by atoms with Gasteiger partial charge in [0.2, 0.25) is 6.29 Å². The summed E-state index contributed by atoms with van der Waals surface area (Å²) in [4.78, 5) is 13.2. The van der Waals surface area contributed by atoms with E-state index in [2.05, 4.69) is 0 Å². The molecule has 0 amide bonds. The number of rotatable bonds is 8. The van der Waals surface area contributed by atoms with Crippen molar-refractivity contribution in [3.05, 3.63) is 59.0 Å². The fourth-order valence-electron chi connectivity index (χ4n) is 4.93. The lowest BCUT2D eigenvalue weighted by Crippen LogP contribution is -2.65. The van der Waals surface area contributed by atoms with Gasteiger partial charge in [-0.2, -0.15) is 0 Å². The van der Waals surface area contributed by atoms with E-state index in [9.17, 15) is 40.5 Å². The second-order valence-electron chi connectivity index (χ2n) is 9.99. The van der Waals surface area contributed by atoms with Crippen LogP contribution in [-0.2, 0) is 14.2 Å². The Hall–Kier alpha value is -3.15. The molecule has 2 saturated heterocycles. The smallest absolute Gasteiger partial charge is 0.229 e. The first-order chi connectivity index (χ1) is 20.2. The van der Waals surface area contributed by atoms with E-state index in [4.69, 9.17) is 28.1 Å². The predicted octanol–water partition coefficient (Wildman–Crippen LogP) is -1.53. The zero-order valence-corrected chi connectivity index (χ0v) is 22.3. The Balaban J connectivity index is 1.36. The molecule has 228 valence electrons. The second-order valence-corrected chi connectivity index (χ2v) is 9.99. The Bertz CT molecular complexity index is 1410. The first-order valence-corrected chi connectivity index (χ1v) is 13.1. The van der Waals surface area contributed by atoms with E-state index < -0.39 is 74.6 Å². The molecular weight excluding hydrogens is 560 g/mol. The minimum atomic E-state index is -1.80. The zero-order valence-electron chi connectivity index (χ0n) is 22.3.